The van der Waals surface area contributed by atoms with Crippen molar-refractivity contribution < 1.29 is 33.4 Å². The average Bonchev–Trinajstić information content (AvgIpc) is 2.87. The smallest absolute Gasteiger partial charge is 0.308 e. The number of carbonyl (C=O) groups is 4. The summed E-state index contributed by atoms with van der Waals surface area (Å²) >= 11 is 5.94. The molecule has 36 heavy (non-hydrogen) atoms. The van der Waals surface area contributed by atoms with Gasteiger partial charge in [-0.25, -0.2) is 0 Å². The van der Waals surface area contributed by atoms with Crippen LogP contribution in [0.15, 0.2) is 60.7 Å². The van der Waals surface area contributed by atoms with Gasteiger partial charge in [0.1, 0.15) is 5.75 Å². The van der Waals surface area contributed by atoms with Gasteiger partial charge >= 0.3 is 5.97 Å². The highest BCUT2D eigenvalue weighted by molar-refractivity contribution is 6.31. The largest absolute Gasteiger partial charge is 0.496 e. The first kappa shape index (κ1) is 26.0. The maximum absolute atomic E-state index is 12.7. The Morgan fingerprint density at radius 2 is 1.39 bits per heavy atom. The van der Waals surface area contributed by atoms with Crippen LogP contribution >= 0.6 is 11.6 Å². The van der Waals surface area contributed by atoms with Gasteiger partial charge in [-0.1, -0.05) is 17.7 Å². The van der Waals surface area contributed by atoms with Crippen molar-refractivity contribution >= 4 is 41.0 Å². The SMILES string of the molecule is COc1cc(C(=O)Nc2cccc(C(=O)NNC(=O)c3cc(Cl)ccc3OC)c2)ccc1OC(C)=O. The number of methoxy groups -OCH3 is 2. The number of rotatable bonds is 7. The van der Waals surface area contributed by atoms with E-state index in [0.717, 1.165) is 0 Å². The third-order valence-corrected chi connectivity index (χ3v) is 4.99. The lowest BCUT2D eigenvalue weighted by Crippen LogP contribution is -2.41. The lowest BCUT2D eigenvalue weighted by molar-refractivity contribution is -0.132. The zero-order valence-electron chi connectivity index (χ0n) is 19.5. The molecule has 0 aliphatic carbocycles. The number of hydrogen-bond acceptors (Lipinski definition) is 7. The van der Waals surface area contributed by atoms with Crippen molar-refractivity contribution in [2.75, 3.05) is 19.5 Å². The Balaban J connectivity index is 1.67. The van der Waals surface area contributed by atoms with Crippen LogP contribution in [0, 0.1) is 0 Å². The molecule has 11 heteroatoms. The van der Waals surface area contributed by atoms with Crippen LogP contribution < -0.4 is 30.4 Å². The molecule has 0 saturated heterocycles. The van der Waals surface area contributed by atoms with E-state index in [1.807, 2.05) is 0 Å². The minimum absolute atomic E-state index is 0.140. The van der Waals surface area contributed by atoms with Crippen molar-refractivity contribution in [1.82, 2.24) is 10.9 Å². The van der Waals surface area contributed by atoms with Gasteiger partial charge in [-0.15, -0.1) is 0 Å². The molecule has 0 bridgehead atoms. The van der Waals surface area contributed by atoms with Gasteiger partial charge in [0.25, 0.3) is 17.7 Å². The summed E-state index contributed by atoms with van der Waals surface area (Å²) in [6.45, 7) is 1.25. The van der Waals surface area contributed by atoms with E-state index in [0.29, 0.717) is 10.7 Å². The first-order valence-corrected chi connectivity index (χ1v) is 10.8. The predicted molar refractivity (Wildman–Crippen MR) is 132 cm³/mol. The Bertz CT molecular complexity index is 1330. The molecule has 3 rings (SSSR count). The van der Waals surface area contributed by atoms with E-state index in [2.05, 4.69) is 16.2 Å². The second-order valence-corrected chi connectivity index (χ2v) is 7.68. The number of hydrogen-bond donors (Lipinski definition) is 3. The zero-order chi connectivity index (χ0) is 26.2. The first-order chi connectivity index (χ1) is 17.2. The summed E-state index contributed by atoms with van der Waals surface area (Å²) in [5.41, 5.74) is 5.50. The van der Waals surface area contributed by atoms with Crippen LogP contribution in [0.5, 0.6) is 17.2 Å². The van der Waals surface area contributed by atoms with Gasteiger partial charge in [0.2, 0.25) is 0 Å². The third-order valence-electron chi connectivity index (χ3n) is 4.76. The molecule has 0 aliphatic heterocycles. The van der Waals surface area contributed by atoms with Gasteiger partial charge in [-0.3, -0.25) is 30.0 Å². The van der Waals surface area contributed by atoms with Crippen LogP contribution in [0.3, 0.4) is 0 Å². The molecule has 0 radical (unpaired) electrons. The number of nitrogens with one attached hydrogen (secondary N) is 3. The van der Waals surface area contributed by atoms with E-state index in [9.17, 15) is 19.2 Å². The van der Waals surface area contributed by atoms with Gasteiger partial charge in [-0.05, 0) is 54.6 Å². The van der Waals surface area contributed by atoms with E-state index in [1.165, 1.54) is 63.6 Å². The van der Waals surface area contributed by atoms with Crippen LogP contribution in [-0.2, 0) is 4.79 Å². The maximum atomic E-state index is 12.7. The topological polar surface area (TPSA) is 132 Å². The Hall–Kier alpha value is -4.57. The molecule has 3 amide bonds. The van der Waals surface area contributed by atoms with E-state index in [-0.39, 0.29) is 33.9 Å². The fourth-order valence-corrected chi connectivity index (χ4v) is 3.27. The summed E-state index contributed by atoms with van der Waals surface area (Å²) in [5.74, 6) is -1.58. The quantitative estimate of drug-likeness (QED) is 0.251. The highest BCUT2D eigenvalue weighted by Gasteiger charge is 2.16. The standard InChI is InChI=1S/C25H22ClN3O7/c1-14(30)36-21-9-7-16(12-22(21)35-3)23(31)27-18-6-4-5-15(11-18)24(32)28-29-25(33)19-13-17(26)8-10-20(19)34-2/h4-13H,1-3H3,(H,27,31)(H,28,32)(H,29,33). The minimum atomic E-state index is -0.627. The van der Waals surface area contributed by atoms with Gasteiger partial charge in [0.15, 0.2) is 11.5 Å². The molecule has 0 aliphatic rings. The number of amides is 3. The number of carbonyl (C=O) groups excluding carboxylic acids is 4. The summed E-state index contributed by atoms with van der Waals surface area (Å²) < 4.78 is 15.3. The molecule has 0 heterocycles. The van der Waals surface area contributed by atoms with Crippen LogP contribution in [0.2, 0.25) is 5.02 Å². The Kier molecular flexibility index (Phi) is 8.48. The van der Waals surface area contributed by atoms with Crippen molar-refractivity contribution in [2.24, 2.45) is 0 Å². The summed E-state index contributed by atoms with van der Waals surface area (Å²) in [7, 11) is 2.79. The van der Waals surface area contributed by atoms with Crippen LogP contribution in [0.25, 0.3) is 0 Å². The zero-order valence-corrected chi connectivity index (χ0v) is 20.3. The third kappa shape index (κ3) is 6.51. The Labute approximate surface area is 211 Å². The summed E-state index contributed by atoms with van der Waals surface area (Å²) in [4.78, 5) is 48.9. The number of anilines is 1. The van der Waals surface area contributed by atoms with Gasteiger partial charge in [-0.2, -0.15) is 0 Å². The highest BCUT2D eigenvalue weighted by Crippen LogP contribution is 2.28. The lowest BCUT2D eigenvalue weighted by Gasteiger charge is -2.12. The summed E-state index contributed by atoms with van der Waals surface area (Å²) in [6, 6.07) is 14.9. The number of halogens is 1. The van der Waals surface area contributed by atoms with Crippen molar-refractivity contribution in [2.45, 2.75) is 6.92 Å². The van der Waals surface area contributed by atoms with E-state index in [4.69, 9.17) is 25.8 Å². The fourth-order valence-electron chi connectivity index (χ4n) is 3.10. The molecular formula is C25H22ClN3O7. The molecule has 0 unspecified atom stereocenters. The molecule has 3 aromatic carbocycles. The number of ether oxygens (including phenoxy) is 3. The van der Waals surface area contributed by atoms with Crippen molar-refractivity contribution in [3.05, 3.63) is 82.4 Å². The van der Waals surface area contributed by atoms with Crippen molar-refractivity contribution in [3.8, 4) is 17.2 Å². The van der Waals surface area contributed by atoms with Crippen LogP contribution in [0.1, 0.15) is 38.0 Å². The Morgan fingerprint density at radius 3 is 2.08 bits per heavy atom. The van der Waals surface area contributed by atoms with Crippen molar-refractivity contribution in [1.29, 1.82) is 0 Å². The van der Waals surface area contributed by atoms with Gasteiger partial charge < -0.3 is 19.5 Å². The van der Waals surface area contributed by atoms with Gasteiger partial charge in [0, 0.05) is 28.8 Å². The average molecular weight is 512 g/mol. The molecule has 3 N–H and O–H groups in total. The van der Waals surface area contributed by atoms with E-state index in [1.54, 1.807) is 18.2 Å². The van der Waals surface area contributed by atoms with Gasteiger partial charge in [0.05, 0.1) is 19.8 Å². The molecule has 0 atom stereocenters. The second kappa shape index (κ2) is 11.7. The summed E-state index contributed by atoms with van der Waals surface area (Å²) in [6.07, 6.45) is 0. The first-order valence-electron chi connectivity index (χ1n) is 10.4. The molecule has 3 aromatic rings. The van der Waals surface area contributed by atoms with Crippen molar-refractivity contribution in [3.63, 3.8) is 0 Å². The minimum Gasteiger partial charge on any atom is -0.496 e. The Morgan fingerprint density at radius 1 is 0.722 bits per heavy atom. The molecule has 10 nitrogen and oxygen atoms in total. The fraction of sp³-hybridized carbons (Fsp3) is 0.120. The molecule has 0 saturated carbocycles. The number of hydrazine groups is 1. The number of esters is 1. The normalized spacial score (nSPS) is 10.1. The van der Waals surface area contributed by atoms with Crippen LogP contribution in [-0.4, -0.2) is 37.9 Å². The second-order valence-electron chi connectivity index (χ2n) is 7.25. The highest BCUT2D eigenvalue weighted by atomic mass is 35.5. The molecule has 0 spiro atoms. The molecule has 0 aromatic heterocycles. The predicted octanol–water partition coefficient (Wildman–Crippen LogP) is 3.61. The number of benzene rings is 3. The molecule has 0 fully saturated rings. The van der Waals surface area contributed by atoms with Crippen LogP contribution in [0.4, 0.5) is 5.69 Å². The van der Waals surface area contributed by atoms with E-state index >= 15 is 0 Å². The molecular weight excluding hydrogens is 490 g/mol. The molecule has 186 valence electrons. The monoisotopic (exact) mass is 511 g/mol. The lowest BCUT2D eigenvalue weighted by atomic mass is 10.1. The maximum Gasteiger partial charge on any atom is 0.308 e. The van der Waals surface area contributed by atoms with E-state index < -0.39 is 23.7 Å². The summed E-state index contributed by atoms with van der Waals surface area (Å²) in [5, 5.41) is 3.00.